The van der Waals surface area contributed by atoms with Gasteiger partial charge in [0.2, 0.25) is 0 Å². The maximum absolute atomic E-state index is 3.70. The molecule has 0 atom stereocenters. The van der Waals surface area contributed by atoms with E-state index in [-0.39, 0.29) is 0 Å². The van der Waals surface area contributed by atoms with Crippen molar-refractivity contribution < 1.29 is 0 Å². The fourth-order valence-electron chi connectivity index (χ4n) is 3.13. The van der Waals surface area contributed by atoms with Crippen molar-refractivity contribution in [1.29, 1.82) is 0 Å². The van der Waals surface area contributed by atoms with E-state index >= 15 is 0 Å². The van der Waals surface area contributed by atoms with Crippen molar-refractivity contribution in [1.82, 2.24) is 10.2 Å². The molecule has 0 aliphatic heterocycles. The third kappa shape index (κ3) is 3.01. The van der Waals surface area contributed by atoms with Crippen LogP contribution in [0.15, 0.2) is 24.3 Å². The van der Waals surface area contributed by atoms with Gasteiger partial charge in [0.05, 0.1) is 0 Å². The first-order valence-corrected chi connectivity index (χ1v) is 9.13. The van der Waals surface area contributed by atoms with Crippen molar-refractivity contribution in [2.24, 2.45) is 0 Å². The molecular weight excluding hydrogens is 276 g/mol. The van der Waals surface area contributed by atoms with E-state index in [2.05, 4.69) is 41.4 Å². The first-order valence-electron chi connectivity index (χ1n) is 8.32. The van der Waals surface area contributed by atoms with E-state index in [0.717, 1.165) is 25.2 Å². The Morgan fingerprint density at radius 3 is 2.71 bits per heavy atom. The van der Waals surface area contributed by atoms with Crippen LogP contribution < -0.4 is 5.32 Å². The molecule has 21 heavy (non-hydrogen) atoms. The lowest BCUT2D eigenvalue weighted by Gasteiger charge is -2.20. The summed E-state index contributed by atoms with van der Waals surface area (Å²) in [6, 6.07) is 10.6. The molecule has 0 unspecified atom stereocenters. The van der Waals surface area contributed by atoms with Crippen molar-refractivity contribution in [3.63, 3.8) is 0 Å². The summed E-state index contributed by atoms with van der Waals surface area (Å²) < 4.78 is 1.45. The van der Waals surface area contributed by atoms with Crippen LogP contribution in [0.4, 0.5) is 0 Å². The van der Waals surface area contributed by atoms with Gasteiger partial charge in [-0.2, -0.15) is 0 Å². The van der Waals surface area contributed by atoms with Crippen LogP contribution in [0.5, 0.6) is 0 Å². The Morgan fingerprint density at radius 1 is 1.19 bits per heavy atom. The SMILES string of the molecule is CCN(Cc1c(CNC2CC2)sc2ccccc12)C1CC1. The molecule has 0 saturated heterocycles. The quantitative estimate of drug-likeness (QED) is 0.827. The maximum atomic E-state index is 3.70. The molecule has 3 heteroatoms. The van der Waals surface area contributed by atoms with Gasteiger partial charge in [-0.25, -0.2) is 0 Å². The molecule has 1 heterocycles. The zero-order chi connectivity index (χ0) is 14.2. The standard InChI is InChI=1S/C18H24N2S/c1-2-20(14-9-10-14)12-16-15-5-3-4-6-17(15)21-18(16)11-19-13-7-8-13/h3-6,13-14,19H,2,7-12H2,1H3. The monoisotopic (exact) mass is 300 g/mol. The van der Waals surface area contributed by atoms with Crippen LogP contribution in [0, 0.1) is 0 Å². The summed E-state index contributed by atoms with van der Waals surface area (Å²) >= 11 is 1.99. The minimum Gasteiger partial charge on any atom is -0.309 e. The predicted molar refractivity (Wildman–Crippen MR) is 90.8 cm³/mol. The van der Waals surface area contributed by atoms with Gasteiger partial charge in [-0.05, 0) is 49.2 Å². The third-order valence-electron chi connectivity index (χ3n) is 4.74. The molecule has 0 radical (unpaired) electrons. The molecule has 2 aliphatic rings. The Balaban J connectivity index is 1.63. The summed E-state index contributed by atoms with van der Waals surface area (Å²) in [5, 5.41) is 5.18. The van der Waals surface area contributed by atoms with Gasteiger partial charge < -0.3 is 5.32 Å². The van der Waals surface area contributed by atoms with Crippen molar-refractivity contribution in [3.05, 3.63) is 34.7 Å². The molecule has 2 fully saturated rings. The fourth-order valence-corrected chi connectivity index (χ4v) is 4.30. The topological polar surface area (TPSA) is 15.3 Å². The molecular formula is C18H24N2S. The first-order chi connectivity index (χ1) is 10.3. The van der Waals surface area contributed by atoms with Crippen LogP contribution in [0.3, 0.4) is 0 Å². The van der Waals surface area contributed by atoms with E-state index in [4.69, 9.17) is 0 Å². The number of hydrogen-bond donors (Lipinski definition) is 1. The molecule has 1 aromatic carbocycles. The second-order valence-corrected chi connectivity index (χ2v) is 7.59. The number of nitrogens with zero attached hydrogens (tertiary/aromatic N) is 1. The number of fused-ring (bicyclic) bond motifs is 1. The smallest absolute Gasteiger partial charge is 0.0349 e. The molecule has 112 valence electrons. The number of hydrogen-bond acceptors (Lipinski definition) is 3. The highest BCUT2D eigenvalue weighted by Gasteiger charge is 2.29. The fraction of sp³-hybridized carbons (Fsp3) is 0.556. The predicted octanol–water partition coefficient (Wildman–Crippen LogP) is 4.14. The lowest BCUT2D eigenvalue weighted by Crippen LogP contribution is -2.26. The number of nitrogens with one attached hydrogen (secondary N) is 1. The summed E-state index contributed by atoms with van der Waals surface area (Å²) in [7, 11) is 0. The summed E-state index contributed by atoms with van der Waals surface area (Å²) in [5.74, 6) is 0. The van der Waals surface area contributed by atoms with Crippen LogP contribution in [0.25, 0.3) is 10.1 Å². The van der Waals surface area contributed by atoms with Crippen LogP contribution in [-0.4, -0.2) is 23.5 Å². The van der Waals surface area contributed by atoms with E-state index in [1.807, 2.05) is 11.3 Å². The van der Waals surface area contributed by atoms with Gasteiger partial charge in [0, 0.05) is 34.8 Å². The summed E-state index contributed by atoms with van der Waals surface area (Å²) in [5.41, 5.74) is 1.58. The normalized spacial score (nSPS) is 18.8. The molecule has 0 amide bonds. The lowest BCUT2D eigenvalue weighted by molar-refractivity contribution is 0.270. The average Bonchev–Trinajstić information content (AvgIpc) is 3.41. The Hall–Kier alpha value is -0.900. The highest BCUT2D eigenvalue weighted by molar-refractivity contribution is 7.19. The Labute approximate surface area is 131 Å². The van der Waals surface area contributed by atoms with Gasteiger partial charge >= 0.3 is 0 Å². The largest absolute Gasteiger partial charge is 0.309 e. The zero-order valence-corrected chi connectivity index (χ0v) is 13.6. The molecule has 2 nitrogen and oxygen atoms in total. The van der Waals surface area contributed by atoms with Crippen molar-refractivity contribution >= 4 is 21.4 Å². The number of rotatable bonds is 7. The molecule has 0 spiro atoms. The Morgan fingerprint density at radius 2 is 2.00 bits per heavy atom. The van der Waals surface area contributed by atoms with Crippen molar-refractivity contribution in [2.45, 2.75) is 57.8 Å². The van der Waals surface area contributed by atoms with Crippen molar-refractivity contribution in [2.75, 3.05) is 6.54 Å². The van der Waals surface area contributed by atoms with Crippen LogP contribution >= 0.6 is 11.3 Å². The maximum Gasteiger partial charge on any atom is 0.0349 e. The van der Waals surface area contributed by atoms with Gasteiger partial charge in [0.1, 0.15) is 0 Å². The molecule has 0 bridgehead atoms. The zero-order valence-electron chi connectivity index (χ0n) is 12.8. The second kappa shape index (κ2) is 5.71. The van der Waals surface area contributed by atoms with E-state index in [9.17, 15) is 0 Å². The van der Waals surface area contributed by atoms with Crippen molar-refractivity contribution in [3.8, 4) is 0 Å². The molecule has 2 saturated carbocycles. The summed E-state index contributed by atoms with van der Waals surface area (Å²) in [6.07, 6.45) is 5.52. The molecule has 2 aromatic rings. The van der Waals surface area contributed by atoms with E-state index in [0.29, 0.717) is 0 Å². The van der Waals surface area contributed by atoms with Gasteiger partial charge in [-0.1, -0.05) is 25.1 Å². The van der Waals surface area contributed by atoms with Crippen LogP contribution in [-0.2, 0) is 13.1 Å². The Bertz CT molecular complexity index is 625. The van der Waals surface area contributed by atoms with Gasteiger partial charge in [0.25, 0.3) is 0 Å². The molecule has 2 aliphatic carbocycles. The number of thiophene rings is 1. The Kier molecular flexibility index (Phi) is 3.74. The number of benzene rings is 1. The summed E-state index contributed by atoms with van der Waals surface area (Å²) in [6.45, 7) is 5.66. The van der Waals surface area contributed by atoms with Gasteiger partial charge in [0.15, 0.2) is 0 Å². The first kappa shape index (κ1) is 13.7. The minimum atomic E-state index is 0.786. The average molecular weight is 300 g/mol. The van der Waals surface area contributed by atoms with Gasteiger partial charge in [-0.3, -0.25) is 4.90 Å². The molecule has 4 rings (SSSR count). The third-order valence-corrected chi connectivity index (χ3v) is 5.95. The second-order valence-electron chi connectivity index (χ2n) is 6.45. The van der Waals surface area contributed by atoms with E-state index < -0.39 is 0 Å². The highest BCUT2D eigenvalue weighted by Crippen LogP contribution is 2.35. The summed E-state index contributed by atoms with van der Waals surface area (Å²) in [4.78, 5) is 4.22. The highest BCUT2D eigenvalue weighted by atomic mass is 32.1. The van der Waals surface area contributed by atoms with E-state index in [1.165, 1.54) is 42.3 Å². The minimum absolute atomic E-state index is 0.786. The van der Waals surface area contributed by atoms with Crippen LogP contribution in [0.2, 0.25) is 0 Å². The van der Waals surface area contributed by atoms with Crippen LogP contribution in [0.1, 0.15) is 43.0 Å². The van der Waals surface area contributed by atoms with E-state index in [1.54, 1.807) is 10.4 Å². The molecule has 1 aromatic heterocycles. The molecule has 1 N–H and O–H groups in total. The lowest BCUT2D eigenvalue weighted by atomic mass is 10.1. The van der Waals surface area contributed by atoms with Gasteiger partial charge in [-0.15, -0.1) is 11.3 Å².